The van der Waals surface area contributed by atoms with Crippen molar-refractivity contribution in [2.75, 3.05) is 13.1 Å². The van der Waals surface area contributed by atoms with Gasteiger partial charge in [0.25, 0.3) is 0 Å². The summed E-state index contributed by atoms with van der Waals surface area (Å²) in [5.74, 6) is 0. The number of nitrogens with zero attached hydrogens (tertiary/aromatic N) is 1. The van der Waals surface area contributed by atoms with Crippen molar-refractivity contribution < 1.29 is 9.90 Å². The van der Waals surface area contributed by atoms with Gasteiger partial charge in [0.15, 0.2) is 0 Å². The van der Waals surface area contributed by atoms with Crippen molar-refractivity contribution in [1.82, 2.24) is 10.2 Å². The molecule has 2 rings (SSSR count). The minimum atomic E-state index is -0.398. The summed E-state index contributed by atoms with van der Waals surface area (Å²) in [6.45, 7) is 3.16. The minimum Gasteiger partial charge on any atom is -0.391 e. The van der Waals surface area contributed by atoms with Gasteiger partial charge >= 0.3 is 6.03 Å². The van der Waals surface area contributed by atoms with Crippen molar-refractivity contribution in [3.05, 3.63) is 34.9 Å². The van der Waals surface area contributed by atoms with Crippen molar-refractivity contribution in [1.29, 1.82) is 0 Å². The first-order chi connectivity index (χ1) is 9.60. The highest BCUT2D eigenvalue weighted by atomic mass is 35.5. The highest BCUT2D eigenvalue weighted by Gasteiger charge is 2.23. The molecule has 1 fully saturated rings. The molecule has 0 unspecified atom stereocenters. The Kier molecular flexibility index (Phi) is 5.26. The molecule has 2 atom stereocenters. The Labute approximate surface area is 124 Å². The number of piperidine rings is 1. The molecule has 110 valence electrons. The smallest absolute Gasteiger partial charge is 0.317 e. The van der Waals surface area contributed by atoms with Gasteiger partial charge in [-0.25, -0.2) is 4.79 Å². The second-order valence-corrected chi connectivity index (χ2v) is 5.64. The maximum Gasteiger partial charge on any atom is 0.317 e. The van der Waals surface area contributed by atoms with E-state index in [0.717, 1.165) is 24.8 Å². The molecule has 0 aliphatic carbocycles. The Morgan fingerprint density at radius 3 is 2.80 bits per heavy atom. The maximum absolute atomic E-state index is 12.2. The lowest BCUT2D eigenvalue weighted by Gasteiger charge is -2.31. The van der Waals surface area contributed by atoms with E-state index in [4.69, 9.17) is 11.6 Å². The zero-order valence-corrected chi connectivity index (χ0v) is 12.4. The van der Waals surface area contributed by atoms with Crippen molar-refractivity contribution >= 4 is 17.6 Å². The van der Waals surface area contributed by atoms with E-state index < -0.39 is 6.10 Å². The largest absolute Gasteiger partial charge is 0.391 e. The van der Waals surface area contributed by atoms with Crippen LogP contribution in [0, 0.1) is 0 Å². The van der Waals surface area contributed by atoms with E-state index in [0.29, 0.717) is 18.1 Å². The molecule has 0 saturated carbocycles. The Hall–Kier alpha value is -1.26. The molecular weight excluding hydrogens is 276 g/mol. The van der Waals surface area contributed by atoms with E-state index >= 15 is 0 Å². The van der Waals surface area contributed by atoms with E-state index in [-0.39, 0.29) is 12.1 Å². The summed E-state index contributed by atoms with van der Waals surface area (Å²) in [7, 11) is 0. The molecule has 0 bridgehead atoms. The first-order valence-corrected chi connectivity index (χ1v) is 7.47. The second-order valence-electron chi connectivity index (χ2n) is 5.20. The molecule has 4 nitrogen and oxygen atoms in total. The first-order valence-electron chi connectivity index (χ1n) is 7.09. The third-order valence-corrected chi connectivity index (χ3v) is 3.91. The third kappa shape index (κ3) is 3.87. The topological polar surface area (TPSA) is 52.6 Å². The fraction of sp³-hybridized carbons (Fsp3) is 0.533. The van der Waals surface area contributed by atoms with Gasteiger partial charge in [-0.2, -0.15) is 0 Å². The van der Waals surface area contributed by atoms with Gasteiger partial charge in [0, 0.05) is 18.1 Å². The molecule has 1 aliphatic rings. The lowest BCUT2D eigenvalue weighted by molar-refractivity contribution is 0.0832. The standard InChI is InChI=1S/C15H21ClN2O2/c1-2-14(11-5-7-12(16)8-6-11)17-15(20)18-9-3-4-13(19)10-18/h5-8,13-14,19H,2-4,9-10H2,1H3,(H,17,20)/t13-,14-/m1/s1. The molecule has 2 amide bonds. The van der Waals surface area contributed by atoms with Crippen LogP contribution in [0.1, 0.15) is 37.8 Å². The molecule has 1 aromatic carbocycles. The summed E-state index contributed by atoms with van der Waals surface area (Å²) in [5.41, 5.74) is 1.04. The Morgan fingerprint density at radius 2 is 2.20 bits per heavy atom. The molecule has 0 radical (unpaired) electrons. The molecule has 20 heavy (non-hydrogen) atoms. The summed E-state index contributed by atoms with van der Waals surface area (Å²) in [4.78, 5) is 13.9. The van der Waals surface area contributed by atoms with Crippen LogP contribution >= 0.6 is 11.6 Å². The number of amides is 2. The van der Waals surface area contributed by atoms with Crippen molar-refractivity contribution in [3.8, 4) is 0 Å². The molecule has 0 spiro atoms. The number of benzene rings is 1. The number of β-amino-alcohol motifs (C(OH)–C–C–N with tert-alkyl or cyclic N) is 1. The highest BCUT2D eigenvalue weighted by Crippen LogP contribution is 2.20. The Balaban J connectivity index is 1.98. The summed E-state index contributed by atoms with van der Waals surface area (Å²) < 4.78 is 0. The first kappa shape index (κ1) is 15.1. The summed E-state index contributed by atoms with van der Waals surface area (Å²) >= 11 is 5.88. The fourth-order valence-corrected chi connectivity index (χ4v) is 2.62. The quantitative estimate of drug-likeness (QED) is 0.901. The molecule has 5 heteroatoms. The number of carbonyl (C=O) groups is 1. The zero-order valence-electron chi connectivity index (χ0n) is 11.7. The Morgan fingerprint density at radius 1 is 1.50 bits per heavy atom. The van der Waals surface area contributed by atoms with E-state index in [1.54, 1.807) is 4.90 Å². The van der Waals surface area contributed by atoms with Gasteiger partial charge in [-0.3, -0.25) is 0 Å². The monoisotopic (exact) mass is 296 g/mol. The van der Waals surface area contributed by atoms with E-state index in [1.807, 2.05) is 31.2 Å². The average molecular weight is 297 g/mol. The van der Waals surface area contributed by atoms with Crippen LogP contribution in [-0.2, 0) is 0 Å². The minimum absolute atomic E-state index is 0.0289. The number of aliphatic hydroxyl groups is 1. The van der Waals surface area contributed by atoms with Crippen molar-refractivity contribution in [2.24, 2.45) is 0 Å². The number of hydrogen-bond donors (Lipinski definition) is 2. The van der Waals surface area contributed by atoms with E-state index in [2.05, 4.69) is 5.32 Å². The normalized spacial score (nSPS) is 20.6. The van der Waals surface area contributed by atoms with Gasteiger partial charge in [-0.15, -0.1) is 0 Å². The highest BCUT2D eigenvalue weighted by molar-refractivity contribution is 6.30. The number of rotatable bonds is 3. The van der Waals surface area contributed by atoms with Gasteiger partial charge in [-0.05, 0) is 37.0 Å². The average Bonchev–Trinajstić information content (AvgIpc) is 2.45. The third-order valence-electron chi connectivity index (χ3n) is 3.66. The van der Waals surface area contributed by atoms with Gasteiger partial charge < -0.3 is 15.3 Å². The summed E-state index contributed by atoms with van der Waals surface area (Å²) in [6, 6.07) is 7.39. The van der Waals surface area contributed by atoms with Gasteiger partial charge in [0.05, 0.1) is 12.1 Å². The lowest BCUT2D eigenvalue weighted by atomic mass is 10.0. The van der Waals surface area contributed by atoms with Crippen LogP contribution in [0.2, 0.25) is 5.02 Å². The maximum atomic E-state index is 12.2. The molecule has 1 saturated heterocycles. The SMILES string of the molecule is CC[C@@H](NC(=O)N1CCC[C@@H](O)C1)c1ccc(Cl)cc1. The van der Waals surface area contributed by atoms with Crippen LogP contribution in [0.15, 0.2) is 24.3 Å². The number of urea groups is 1. The fourth-order valence-electron chi connectivity index (χ4n) is 2.50. The number of hydrogen-bond acceptors (Lipinski definition) is 2. The van der Waals surface area contributed by atoms with E-state index in [1.165, 1.54) is 0 Å². The molecular formula is C15H21ClN2O2. The molecule has 2 N–H and O–H groups in total. The predicted octanol–water partition coefficient (Wildman–Crippen LogP) is 2.96. The number of aliphatic hydroxyl groups excluding tert-OH is 1. The van der Waals surface area contributed by atoms with Crippen LogP contribution in [0.4, 0.5) is 4.79 Å². The van der Waals surface area contributed by atoms with E-state index in [9.17, 15) is 9.90 Å². The van der Waals surface area contributed by atoms with Gasteiger partial charge in [0.1, 0.15) is 0 Å². The summed E-state index contributed by atoms with van der Waals surface area (Å²) in [5, 5.41) is 13.3. The number of likely N-dealkylation sites (tertiary alicyclic amines) is 1. The van der Waals surface area contributed by atoms with Gasteiger partial charge in [0.2, 0.25) is 0 Å². The molecule has 1 heterocycles. The number of halogens is 1. The van der Waals surface area contributed by atoms with Crippen LogP contribution in [-0.4, -0.2) is 35.2 Å². The van der Waals surface area contributed by atoms with Gasteiger partial charge in [-0.1, -0.05) is 30.7 Å². The second kappa shape index (κ2) is 6.95. The van der Waals surface area contributed by atoms with Crippen LogP contribution in [0.5, 0.6) is 0 Å². The molecule has 1 aliphatic heterocycles. The zero-order chi connectivity index (χ0) is 14.5. The van der Waals surface area contributed by atoms with Crippen LogP contribution < -0.4 is 5.32 Å². The van der Waals surface area contributed by atoms with Crippen molar-refractivity contribution in [2.45, 2.75) is 38.3 Å². The number of nitrogens with one attached hydrogen (secondary N) is 1. The Bertz CT molecular complexity index is 450. The van der Waals surface area contributed by atoms with Crippen molar-refractivity contribution in [3.63, 3.8) is 0 Å². The molecule has 0 aromatic heterocycles. The number of carbonyl (C=O) groups excluding carboxylic acids is 1. The summed E-state index contributed by atoms with van der Waals surface area (Å²) in [6.07, 6.45) is 2.04. The molecule has 1 aromatic rings. The van der Waals surface area contributed by atoms with Crippen LogP contribution in [0.25, 0.3) is 0 Å². The lowest BCUT2D eigenvalue weighted by Crippen LogP contribution is -2.47. The van der Waals surface area contributed by atoms with Crippen LogP contribution in [0.3, 0.4) is 0 Å². The predicted molar refractivity (Wildman–Crippen MR) is 79.8 cm³/mol.